The third-order valence-corrected chi connectivity index (χ3v) is 3.56. The summed E-state index contributed by atoms with van der Waals surface area (Å²) in [6.45, 7) is 3.59. The van der Waals surface area contributed by atoms with E-state index in [-0.39, 0.29) is 35.1 Å². The van der Waals surface area contributed by atoms with Gasteiger partial charge in [0.1, 0.15) is 5.65 Å². The maximum absolute atomic E-state index is 11.4. The molecule has 2 aromatic heterocycles. The van der Waals surface area contributed by atoms with E-state index in [1.54, 1.807) is 29.5 Å². The fourth-order valence-corrected chi connectivity index (χ4v) is 2.81. The fourth-order valence-electron chi connectivity index (χ4n) is 2.59. The number of nitrogens with zero attached hydrogens (tertiary/aromatic N) is 2. The number of carbonyl (C=O) groups is 1. The summed E-state index contributed by atoms with van der Waals surface area (Å²) in [5, 5.41) is 11.8. The molecule has 2 N–H and O–H groups in total. The molecule has 2 heterocycles. The quantitative estimate of drug-likeness (QED) is 0.448. The zero-order chi connectivity index (χ0) is 14.6. The molecule has 7 heteroatoms. The van der Waals surface area contributed by atoms with E-state index in [1.165, 1.54) is 0 Å². The van der Waals surface area contributed by atoms with Crippen molar-refractivity contribution < 1.29 is 39.5 Å². The number of aromatic nitrogens is 2. The molecular weight excluding hydrogens is 301 g/mol. The van der Waals surface area contributed by atoms with Crippen LogP contribution in [-0.2, 0) is 0 Å². The van der Waals surface area contributed by atoms with E-state index in [9.17, 15) is 9.90 Å². The van der Waals surface area contributed by atoms with Crippen LogP contribution in [0.25, 0.3) is 16.7 Å². The molecule has 0 bridgehead atoms. The fraction of sp³-hybridized carbons (Fsp3) is 0.143. The SMILES string of the molecule is Cc1cc(C)n2c(nc3cc(Cl)cc(N)c32)c1C(=O)[O-].[Na+]. The van der Waals surface area contributed by atoms with E-state index < -0.39 is 5.97 Å². The van der Waals surface area contributed by atoms with Crippen molar-refractivity contribution in [2.45, 2.75) is 13.8 Å². The second kappa shape index (κ2) is 5.50. The van der Waals surface area contributed by atoms with Gasteiger partial charge in [-0.25, -0.2) is 4.98 Å². The predicted molar refractivity (Wildman–Crippen MR) is 75.9 cm³/mol. The number of hydrogen-bond acceptors (Lipinski definition) is 4. The number of anilines is 1. The number of carboxylic acids is 1. The maximum Gasteiger partial charge on any atom is 1.00 e. The Labute approximate surface area is 148 Å². The second-order valence-corrected chi connectivity index (χ2v) is 5.20. The van der Waals surface area contributed by atoms with Crippen molar-refractivity contribution in [2.24, 2.45) is 0 Å². The molecule has 0 saturated carbocycles. The van der Waals surface area contributed by atoms with Crippen LogP contribution in [-0.4, -0.2) is 15.4 Å². The van der Waals surface area contributed by atoms with E-state index in [2.05, 4.69) is 4.98 Å². The first-order valence-corrected chi connectivity index (χ1v) is 6.36. The first-order chi connectivity index (χ1) is 9.40. The molecule has 0 atom stereocenters. The summed E-state index contributed by atoms with van der Waals surface area (Å²) in [5.74, 6) is -1.26. The Morgan fingerprint density at radius 3 is 2.62 bits per heavy atom. The van der Waals surface area contributed by atoms with Crippen LogP contribution in [0.15, 0.2) is 18.2 Å². The van der Waals surface area contributed by atoms with Gasteiger partial charge in [0, 0.05) is 16.3 Å². The minimum absolute atomic E-state index is 0. The first kappa shape index (κ1) is 16.1. The maximum atomic E-state index is 11.4. The number of carboxylic acid groups (broad SMARTS) is 1. The van der Waals surface area contributed by atoms with E-state index in [4.69, 9.17) is 17.3 Å². The number of carbonyl (C=O) groups excluding carboxylic acids is 1. The Kier molecular flexibility index (Phi) is 4.22. The monoisotopic (exact) mass is 311 g/mol. The van der Waals surface area contributed by atoms with Crippen molar-refractivity contribution in [3.05, 3.63) is 40.0 Å². The molecule has 21 heavy (non-hydrogen) atoms. The van der Waals surface area contributed by atoms with Gasteiger partial charge in [0.15, 0.2) is 0 Å². The summed E-state index contributed by atoms with van der Waals surface area (Å²) in [6.07, 6.45) is 0. The Morgan fingerprint density at radius 1 is 1.33 bits per heavy atom. The smallest absolute Gasteiger partial charge is 0.545 e. The van der Waals surface area contributed by atoms with E-state index in [0.29, 0.717) is 33.0 Å². The number of benzene rings is 1. The molecular formula is C14H11ClN3NaO2. The van der Waals surface area contributed by atoms with Crippen molar-refractivity contribution in [3.63, 3.8) is 0 Å². The van der Waals surface area contributed by atoms with Crippen LogP contribution < -0.4 is 40.4 Å². The Morgan fingerprint density at radius 2 is 2.00 bits per heavy atom. The van der Waals surface area contributed by atoms with Crippen molar-refractivity contribution in [1.29, 1.82) is 0 Å². The van der Waals surface area contributed by atoms with Crippen molar-refractivity contribution >= 4 is 39.9 Å². The average Bonchev–Trinajstić information content (AvgIpc) is 2.67. The first-order valence-electron chi connectivity index (χ1n) is 5.99. The van der Waals surface area contributed by atoms with Crippen LogP contribution in [0.3, 0.4) is 0 Å². The van der Waals surface area contributed by atoms with E-state index in [1.807, 2.05) is 6.92 Å². The number of rotatable bonds is 1. The molecule has 0 aliphatic carbocycles. The standard InChI is InChI=1S/C14H12ClN3O2.Na/c1-6-3-7(2)18-12-9(16)4-8(15)5-10(12)17-13(18)11(6)14(19)20;/h3-5H,16H2,1-2H3,(H,19,20);/q;+1/p-1. The van der Waals surface area contributed by atoms with Crippen molar-refractivity contribution in [3.8, 4) is 0 Å². The third kappa shape index (κ3) is 2.40. The summed E-state index contributed by atoms with van der Waals surface area (Å²) in [4.78, 5) is 15.7. The number of aryl methyl sites for hydroxylation is 2. The van der Waals surface area contributed by atoms with Gasteiger partial charge in [0.25, 0.3) is 0 Å². The molecule has 3 rings (SSSR count). The molecule has 0 spiro atoms. The molecule has 0 radical (unpaired) electrons. The molecule has 3 aromatic rings. The van der Waals surface area contributed by atoms with Gasteiger partial charge in [0.2, 0.25) is 0 Å². The Bertz CT molecular complexity index is 889. The number of nitrogen functional groups attached to an aromatic ring is 1. The van der Waals surface area contributed by atoms with Crippen LogP contribution in [0.1, 0.15) is 21.6 Å². The number of aromatic carboxylic acids is 1. The summed E-state index contributed by atoms with van der Waals surface area (Å²) in [7, 11) is 0. The minimum Gasteiger partial charge on any atom is -0.545 e. The van der Waals surface area contributed by atoms with Crippen LogP contribution >= 0.6 is 11.6 Å². The topological polar surface area (TPSA) is 83.5 Å². The van der Waals surface area contributed by atoms with Gasteiger partial charge >= 0.3 is 29.6 Å². The molecule has 0 unspecified atom stereocenters. The molecule has 0 fully saturated rings. The summed E-state index contributed by atoms with van der Waals surface area (Å²) in [5.41, 5.74) is 9.52. The molecule has 5 nitrogen and oxygen atoms in total. The molecule has 0 amide bonds. The van der Waals surface area contributed by atoms with Crippen LogP contribution in [0.2, 0.25) is 5.02 Å². The second-order valence-electron chi connectivity index (χ2n) is 4.76. The molecule has 0 saturated heterocycles. The van der Waals surface area contributed by atoms with Crippen LogP contribution in [0, 0.1) is 13.8 Å². The van der Waals surface area contributed by atoms with Crippen LogP contribution in [0.5, 0.6) is 0 Å². The third-order valence-electron chi connectivity index (χ3n) is 3.35. The molecule has 1 aromatic carbocycles. The van der Waals surface area contributed by atoms with Gasteiger partial charge in [-0.1, -0.05) is 11.6 Å². The molecule has 0 aliphatic rings. The number of hydrogen-bond donors (Lipinski definition) is 1. The average molecular weight is 312 g/mol. The van der Waals surface area contributed by atoms with Gasteiger partial charge in [-0.15, -0.1) is 0 Å². The normalized spacial score (nSPS) is 10.8. The minimum atomic E-state index is -1.26. The van der Waals surface area contributed by atoms with Gasteiger partial charge < -0.3 is 15.6 Å². The number of halogens is 1. The largest absolute Gasteiger partial charge is 1.00 e. The van der Waals surface area contributed by atoms with Gasteiger partial charge in [-0.3, -0.25) is 4.40 Å². The van der Waals surface area contributed by atoms with Gasteiger partial charge in [-0.2, -0.15) is 0 Å². The molecule has 0 aliphatic heterocycles. The summed E-state index contributed by atoms with van der Waals surface area (Å²) in [6, 6.07) is 5.05. The molecule has 102 valence electrons. The zero-order valence-electron chi connectivity index (χ0n) is 11.9. The van der Waals surface area contributed by atoms with E-state index >= 15 is 0 Å². The summed E-state index contributed by atoms with van der Waals surface area (Å²) >= 11 is 5.97. The summed E-state index contributed by atoms with van der Waals surface area (Å²) < 4.78 is 1.72. The Balaban J connectivity index is 0.00000161. The number of pyridine rings is 1. The number of fused-ring (bicyclic) bond motifs is 3. The van der Waals surface area contributed by atoms with Crippen molar-refractivity contribution in [2.75, 3.05) is 5.73 Å². The van der Waals surface area contributed by atoms with Gasteiger partial charge in [0.05, 0.1) is 22.7 Å². The van der Waals surface area contributed by atoms with Gasteiger partial charge in [-0.05, 0) is 37.6 Å². The van der Waals surface area contributed by atoms with E-state index in [0.717, 1.165) is 5.69 Å². The van der Waals surface area contributed by atoms with Crippen molar-refractivity contribution in [1.82, 2.24) is 9.38 Å². The number of nitrogens with two attached hydrogens (primary N) is 1. The Hall–Kier alpha value is -1.27. The zero-order valence-corrected chi connectivity index (χ0v) is 14.7. The predicted octanol–water partition coefficient (Wildman–Crippen LogP) is -1.29. The number of imidazole rings is 1. The van der Waals surface area contributed by atoms with Crippen LogP contribution in [0.4, 0.5) is 5.69 Å².